The highest BCUT2D eigenvalue weighted by atomic mass is 79.9. The van der Waals surface area contributed by atoms with Gasteiger partial charge in [-0.1, -0.05) is 28.1 Å². The molecule has 1 fully saturated rings. The molecule has 1 rings (SSSR count). The SMILES string of the molecule is CC(C)(C)OC(=O)N1[C@H](C=CCBr)COC1(C)C. The molecule has 1 aliphatic rings. The minimum Gasteiger partial charge on any atom is -0.444 e. The van der Waals surface area contributed by atoms with Gasteiger partial charge in [-0.15, -0.1) is 0 Å². The van der Waals surface area contributed by atoms with Gasteiger partial charge in [-0.05, 0) is 34.6 Å². The fraction of sp³-hybridized carbons (Fsp3) is 0.769. The number of alkyl halides is 1. The molecule has 0 radical (unpaired) electrons. The molecule has 0 bridgehead atoms. The van der Waals surface area contributed by atoms with Crippen molar-refractivity contribution in [3.05, 3.63) is 12.2 Å². The Kier molecular flexibility index (Phi) is 4.84. The lowest BCUT2D eigenvalue weighted by Gasteiger charge is -2.34. The molecule has 0 N–H and O–H groups in total. The van der Waals surface area contributed by atoms with Crippen molar-refractivity contribution in [2.75, 3.05) is 11.9 Å². The molecule has 4 nitrogen and oxygen atoms in total. The maximum atomic E-state index is 12.2. The summed E-state index contributed by atoms with van der Waals surface area (Å²) in [6, 6.07) is -0.0765. The minimum absolute atomic E-state index is 0.0765. The van der Waals surface area contributed by atoms with Crippen LogP contribution in [0.1, 0.15) is 34.6 Å². The maximum absolute atomic E-state index is 12.2. The van der Waals surface area contributed by atoms with Crippen LogP contribution in [0.5, 0.6) is 0 Å². The van der Waals surface area contributed by atoms with Crippen molar-refractivity contribution < 1.29 is 14.3 Å². The Morgan fingerprint density at radius 3 is 2.67 bits per heavy atom. The fourth-order valence-electron chi connectivity index (χ4n) is 1.85. The molecule has 1 atom stereocenters. The Labute approximate surface area is 117 Å². The molecule has 1 aliphatic heterocycles. The van der Waals surface area contributed by atoms with E-state index in [2.05, 4.69) is 15.9 Å². The summed E-state index contributed by atoms with van der Waals surface area (Å²) in [5.41, 5.74) is -1.14. The van der Waals surface area contributed by atoms with Gasteiger partial charge in [-0.25, -0.2) is 4.79 Å². The summed E-state index contributed by atoms with van der Waals surface area (Å²) in [6.45, 7) is 9.82. The van der Waals surface area contributed by atoms with E-state index in [-0.39, 0.29) is 12.1 Å². The lowest BCUT2D eigenvalue weighted by molar-refractivity contribution is -0.0610. The van der Waals surface area contributed by atoms with Gasteiger partial charge >= 0.3 is 6.09 Å². The molecule has 0 unspecified atom stereocenters. The zero-order chi connectivity index (χ0) is 14.0. The van der Waals surface area contributed by atoms with E-state index in [1.54, 1.807) is 4.90 Å². The van der Waals surface area contributed by atoms with Crippen molar-refractivity contribution in [1.82, 2.24) is 4.90 Å². The van der Waals surface area contributed by atoms with Gasteiger partial charge in [0.1, 0.15) is 11.3 Å². The third kappa shape index (κ3) is 3.99. The van der Waals surface area contributed by atoms with Gasteiger partial charge in [0.05, 0.1) is 12.6 Å². The first-order chi connectivity index (χ1) is 8.17. The van der Waals surface area contributed by atoms with Gasteiger partial charge in [0.2, 0.25) is 0 Å². The highest BCUT2D eigenvalue weighted by Gasteiger charge is 2.44. The van der Waals surface area contributed by atoms with Crippen molar-refractivity contribution in [3.63, 3.8) is 0 Å². The number of halogens is 1. The first-order valence-electron chi connectivity index (χ1n) is 6.06. The van der Waals surface area contributed by atoms with Crippen LogP contribution < -0.4 is 0 Å². The van der Waals surface area contributed by atoms with Gasteiger partial charge in [-0.3, -0.25) is 4.90 Å². The summed E-state index contributed by atoms with van der Waals surface area (Å²) < 4.78 is 11.1. The topological polar surface area (TPSA) is 38.8 Å². The number of rotatable bonds is 2. The Morgan fingerprint density at radius 2 is 2.17 bits per heavy atom. The van der Waals surface area contributed by atoms with Gasteiger partial charge in [-0.2, -0.15) is 0 Å². The summed E-state index contributed by atoms with van der Waals surface area (Å²) in [7, 11) is 0. The molecule has 0 aliphatic carbocycles. The number of hydrogen-bond donors (Lipinski definition) is 0. The lowest BCUT2D eigenvalue weighted by Crippen LogP contribution is -2.49. The van der Waals surface area contributed by atoms with Crippen LogP contribution in [-0.4, -0.2) is 40.3 Å². The standard InChI is InChI=1S/C13H22BrNO3/c1-12(2,3)18-11(16)15-10(7-6-8-14)9-17-13(15,4)5/h6-7,10H,8-9H2,1-5H3/t10-/m1/s1. The first kappa shape index (κ1) is 15.5. The maximum Gasteiger partial charge on any atom is 0.413 e. The normalized spacial score (nSPS) is 23.7. The average Bonchev–Trinajstić information content (AvgIpc) is 2.48. The molecule has 0 aromatic carbocycles. The third-order valence-electron chi connectivity index (χ3n) is 2.56. The molecule has 1 saturated heterocycles. The molecule has 18 heavy (non-hydrogen) atoms. The number of allylic oxidation sites excluding steroid dienone is 1. The largest absolute Gasteiger partial charge is 0.444 e. The minimum atomic E-state index is -0.635. The van der Waals surface area contributed by atoms with Crippen LogP contribution in [-0.2, 0) is 9.47 Å². The van der Waals surface area contributed by atoms with Gasteiger partial charge in [0.15, 0.2) is 0 Å². The summed E-state index contributed by atoms with van der Waals surface area (Å²) in [5, 5.41) is 0.756. The number of amides is 1. The van der Waals surface area contributed by atoms with Crippen LogP contribution >= 0.6 is 15.9 Å². The zero-order valence-corrected chi connectivity index (χ0v) is 13.3. The van der Waals surface area contributed by atoms with Crippen molar-refractivity contribution in [3.8, 4) is 0 Å². The Balaban J connectivity index is 2.85. The predicted molar refractivity (Wildman–Crippen MR) is 74.8 cm³/mol. The number of ether oxygens (including phenoxy) is 2. The highest BCUT2D eigenvalue weighted by molar-refractivity contribution is 9.09. The third-order valence-corrected chi connectivity index (χ3v) is 2.93. The van der Waals surface area contributed by atoms with E-state index in [1.165, 1.54) is 0 Å². The van der Waals surface area contributed by atoms with E-state index >= 15 is 0 Å². The van der Waals surface area contributed by atoms with Gasteiger partial charge < -0.3 is 9.47 Å². The van der Waals surface area contributed by atoms with Crippen LogP contribution in [0.25, 0.3) is 0 Å². The van der Waals surface area contributed by atoms with E-state index in [0.29, 0.717) is 6.61 Å². The lowest BCUT2D eigenvalue weighted by atomic mass is 10.2. The Hall–Kier alpha value is -0.550. The molecule has 0 saturated carbocycles. The molecule has 0 aromatic rings. The van der Waals surface area contributed by atoms with Crippen LogP contribution in [0.3, 0.4) is 0 Å². The second-order valence-corrected chi connectivity index (χ2v) is 6.41. The van der Waals surface area contributed by atoms with E-state index < -0.39 is 11.3 Å². The molecule has 5 heteroatoms. The van der Waals surface area contributed by atoms with Crippen LogP contribution in [0.4, 0.5) is 4.79 Å². The monoisotopic (exact) mass is 319 g/mol. The summed E-state index contributed by atoms with van der Waals surface area (Å²) in [5.74, 6) is 0. The molecule has 0 aromatic heterocycles. The Morgan fingerprint density at radius 1 is 1.56 bits per heavy atom. The van der Waals surface area contributed by atoms with Gasteiger partial charge in [0, 0.05) is 5.33 Å². The van der Waals surface area contributed by atoms with E-state index in [0.717, 1.165) is 5.33 Å². The van der Waals surface area contributed by atoms with Gasteiger partial charge in [0.25, 0.3) is 0 Å². The zero-order valence-electron chi connectivity index (χ0n) is 11.7. The summed E-state index contributed by atoms with van der Waals surface area (Å²) in [4.78, 5) is 13.9. The molecular formula is C13H22BrNO3. The van der Waals surface area contributed by atoms with E-state index in [4.69, 9.17) is 9.47 Å². The van der Waals surface area contributed by atoms with Crippen molar-refractivity contribution >= 4 is 22.0 Å². The number of hydrogen-bond acceptors (Lipinski definition) is 3. The van der Waals surface area contributed by atoms with Crippen LogP contribution in [0.2, 0.25) is 0 Å². The van der Waals surface area contributed by atoms with E-state index in [9.17, 15) is 4.79 Å². The average molecular weight is 320 g/mol. The number of carbonyl (C=O) groups excluding carboxylic acids is 1. The predicted octanol–water partition coefficient (Wildman–Crippen LogP) is 3.31. The fourth-order valence-corrected chi connectivity index (χ4v) is 2.07. The van der Waals surface area contributed by atoms with Crippen LogP contribution in [0.15, 0.2) is 12.2 Å². The van der Waals surface area contributed by atoms with Crippen molar-refractivity contribution in [2.24, 2.45) is 0 Å². The van der Waals surface area contributed by atoms with Crippen molar-refractivity contribution in [2.45, 2.75) is 52.0 Å². The first-order valence-corrected chi connectivity index (χ1v) is 7.18. The quantitative estimate of drug-likeness (QED) is 0.579. The summed E-state index contributed by atoms with van der Waals surface area (Å²) in [6.07, 6.45) is 3.59. The highest BCUT2D eigenvalue weighted by Crippen LogP contribution is 2.29. The second kappa shape index (κ2) is 5.61. The molecule has 1 heterocycles. The smallest absolute Gasteiger partial charge is 0.413 e. The molecular weight excluding hydrogens is 298 g/mol. The van der Waals surface area contributed by atoms with Crippen molar-refractivity contribution in [1.29, 1.82) is 0 Å². The molecule has 1 amide bonds. The summed E-state index contributed by atoms with van der Waals surface area (Å²) >= 11 is 3.33. The van der Waals surface area contributed by atoms with E-state index in [1.807, 2.05) is 46.8 Å². The Bertz CT molecular complexity index is 334. The van der Waals surface area contributed by atoms with Crippen LogP contribution in [0, 0.1) is 0 Å². The number of carbonyl (C=O) groups is 1. The number of nitrogens with zero attached hydrogens (tertiary/aromatic N) is 1. The molecule has 0 spiro atoms. The molecule has 104 valence electrons. The second-order valence-electron chi connectivity index (χ2n) is 5.76.